The van der Waals surface area contributed by atoms with Crippen molar-refractivity contribution in [1.82, 2.24) is 4.98 Å². The standard InChI is InChI=1S/C14H16N2O2S/c1-2-19(17,18)16(14-8-4-3-5-9-14)12-13-7-6-10-15-11-13/h3-11H,2,12H2,1H3. The fourth-order valence-corrected chi connectivity index (χ4v) is 2.86. The first-order valence-electron chi connectivity index (χ1n) is 6.08. The van der Waals surface area contributed by atoms with Gasteiger partial charge >= 0.3 is 0 Å². The smallest absolute Gasteiger partial charge is 0.235 e. The van der Waals surface area contributed by atoms with Crippen LogP contribution >= 0.6 is 0 Å². The summed E-state index contributed by atoms with van der Waals surface area (Å²) < 4.78 is 25.8. The van der Waals surface area contributed by atoms with Gasteiger partial charge in [-0.3, -0.25) is 9.29 Å². The van der Waals surface area contributed by atoms with Crippen molar-refractivity contribution in [1.29, 1.82) is 0 Å². The largest absolute Gasteiger partial charge is 0.266 e. The molecule has 100 valence electrons. The van der Waals surface area contributed by atoms with Gasteiger partial charge in [-0.1, -0.05) is 24.3 Å². The fourth-order valence-electron chi connectivity index (χ4n) is 1.76. The summed E-state index contributed by atoms with van der Waals surface area (Å²) in [6.07, 6.45) is 3.35. The lowest BCUT2D eigenvalue weighted by atomic mass is 10.2. The highest BCUT2D eigenvalue weighted by atomic mass is 32.2. The Hall–Kier alpha value is -1.88. The summed E-state index contributed by atoms with van der Waals surface area (Å²) in [6, 6.07) is 12.8. The number of rotatable bonds is 5. The van der Waals surface area contributed by atoms with E-state index in [9.17, 15) is 8.42 Å². The van der Waals surface area contributed by atoms with E-state index in [1.165, 1.54) is 4.31 Å². The van der Waals surface area contributed by atoms with E-state index in [2.05, 4.69) is 4.98 Å². The third-order valence-corrected chi connectivity index (χ3v) is 4.53. The molecular formula is C14H16N2O2S. The second-order valence-electron chi connectivity index (χ2n) is 4.10. The number of benzene rings is 1. The van der Waals surface area contributed by atoms with Crippen LogP contribution in [0.3, 0.4) is 0 Å². The van der Waals surface area contributed by atoms with Crippen LogP contribution < -0.4 is 4.31 Å². The Kier molecular flexibility index (Phi) is 4.16. The van der Waals surface area contributed by atoms with E-state index in [4.69, 9.17) is 0 Å². The maximum absolute atomic E-state index is 12.2. The van der Waals surface area contributed by atoms with E-state index in [0.29, 0.717) is 12.2 Å². The van der Waals surface area contributed by atoms with Crippen molar-refractivity contribution < 1.29 is 8.42 Å². The molecule has 0 radical (unpaired) electrons. The molecule has 0 saturated carbocycles. The molecule has 0 saturated heterocycles. The minimum atomic E-state index is -3.31. The van der Waals surface area contributed by atoms with Crippen molar-refractivity contribution in [2.75, 3.05) is 10.1 Å². The third kappa shape index (κ3) is 3.32. The molecule has 0 spiro atoms. The highest BCUT2D eigenvalue weighted by molar-refractivity contribution is 7.92. The number of sulfonamides is 1. The molecule has 0 fully saturated rings. The second-order valence-corrected chi connectivity index (χ2v) is 6.29. The Balaban J connectivity index is 2.36. The van der Waals surface area contributed by atoms with Gasteiger partial charge in [0.25, 0.3) is 0 Å². The molecule has 19 heavy (non-hydrogen) atoms. The van der Waals surface area contributed by atoms with Gasteiger partial charge in [0, 0.05) is 12.4 Å². The number of para-hydroxylation sites is 1. The minimum absolute atomic E-state index is 0.0716. The molecule has 0 aliphatic carbocycles. The zero-order chi connectivity index (χ0) is 13.7. The lowest BCUT2D eigenvalue weighted by Gasteiger charge is -2.23. The van der Waals surface area contributed by atoms with Crippen LogP contribution in [0.1, 0.15) is 12.5 Å². The molecule has 2 rings (SSSR count). The average Bonchev–Trinajstić information content (AvgIpc) is 2.46. The van der Waals surface area contributed by atoms with Gasteiger partial charge in [0.2, 0.25) is 10.0 Å². The molecular weight excluding hydrogens is 260 g/mol. The highest BCUT2D eigenvalue weighted by Gasteiger charge is 2.20. The summed E-state index contributed by atoms with van der Waals surface area (Å²) in [5, 5.41) is 0. The topological polar surface area (TPSA) is 50.3 Å². The van der Waals surface area contributed by atoms with Crippen molar-refractivity contribution in [2.24, 2.45) is 0 Å². The molecule has 0 amide bonds. The normalized spacial score (nSPS) is 11.2. The number of anilines is 1. The zero-order valence-corrected chi connectivity index (χ0v) is 11.5. The van der Waals surface area contributed by atoms with Crippen molar-refractivity contribution in [3.05, 3.63) is 60.4 Å². The lowest BCUT2D eigenvalue weighted by molar-refractivity contribution is 0.591. The highest BCUT2D eigenvalue weighted by Crippen LogP contribution is 2.20. The molecule has 0 N–H and O–H groups in total. The molecule has 0 atom stereocenters. The van der Waals surface area contributed by atoms with E-state index in [0.717, 1.165) is 5.56 Å². The number of hydrogen-bond donors (Lipinski definition) is 0. The lowest BCUT2D eigenvalue weighted by Crippen LogP contribution is -2.31. The number of hydrogen-bond acceptors (Lipinski definition) is 3. The van der Waals surface area contributed by atoms with Crippen LogP contribution in [-0.2, 0) is 16.6 Å². The van der Waals surface area contributed by atoms with Gasteiger partial charge in [-0.25, -0.2) is 8.42 Å². The van der Waals surface area contributed by atoms with Crippen LogP contribution in [0.5, 0.6) is 0 Å². The van der Waals surface area contributed by atoms with E-state index in [1.807, 2.05) is 24.3 Å². The van der Waals surface area contributed by atoms with Crippen LogP contribution in [0.2, 0.25) is 0 Å². The van der Waals surface area contributed by atoms with Gasteiger partial charge in [-0.2, -0.15) is 0 Å². The maximum Gasteiger partial charge on any atom is 0.235 e. The van der Waals surface area contributed by atoms with Crippen LogP contribution in [0, 0.1) is 0 Å². The van der Waals surface area contributed by atoms with Crippen LogP contribution in [0.25, 0.3) is 0 Å². The van der Waals surface area contributed by atoms with Gasteiger partial charge < -0.3 is 0 Å². The van der Waals surface area contributed by atoms with Crippen molar-refractivity contribution in [2.45, 2.75) is 13.5 Å². The van der Waals surface area contributed by atoms with E-state index in [-0.39, 0.29) is 5.75 Å². The van der Waals surface area contributed by atoms with Crippen molar-refractivity contribution >= 4 is 15.7 Å². The quantitative estimate of drug-likeness (QED) is 0.842. The van der Waals surface area contributed by atoms with Crippen molar-refractivity contribution in [3.8, 4) is 0 Å². The molecule has 1 aromatic carbocycles. The van der Waals surface area contributed by atoms with Gasteiger partial charge in [0.15, 0.2) is 0 Å². The van der Waals surface area contributed by atoms with Crippen LogP contribution in [0.15, 0.2) is 54.9 Å². The van der Waals surface area contributed by atoms with Gasteiger partial charge in [0.1, 0.15) is 0 Å². The Morgan fingerprint density at radius 1 is 1.11 bits per heavy atom. The molecule has 4 nitrogen and oxygen atoms in total. The molecule has 0 unspecified atom stereocenters. The van der Waals surface area contributed by atoms with E-state index in [1.54, 1.807) is 37.5 Å². The molecule has 0 aliphatic rings. The molecule has 1 aromatic heterocycles. The molecule has 5 heteroatoms. The van der Waals surface area contributed by atoms with Crippen LogP contribution in [-0.4, -0.2) is 19.2 Å². The first kappa shape index (κ1) is 13.5. The first-order valence-corrected chi connectivity index (χ1v) is 7.69. The molecule has 1 heterocycles. The fraction of sp³-hybridized carbons (Fsp3) is 0.214. The third-order valence-electron chi connectivity index (χ3n) is 2.79. The monoisotopic (exact) mass is 276 g/mol. The summed E-state index contributed by atoms with van der Waals surface area (Å²) in [5.74, 6) is 0.0716. The first-order chi connectivity index (χ1) is 9.13. The van der Waals surface area contributed by atoms with Crippen molar-refractivity contribution in [3.63, 3.8) is 0 Å². The summed E-state index contributed by atoms with van der Waals surface area (Å²) in [5.41, 5.74) is 1.54. The van der Waals surface area contributed by atoms with Gasteiger partial charge in [-0.05, 0) is 30.7 Å². The number of aromatic nitrogens is 1. The SMILES string of the molecule is CCS(=O)(=O)N(Cc1cccnc1)c1ccccc1. The zero-order valence-electron chi connectivity index (χ0n) is 10.7. The Morgan fingerprint density at radius 3 is 2.42 bits per heavy atom. The Bertz CT molecular complexity index is 612. The summed E-state index contributed by atoms with van der Waals surface area (Å²) in [6.45, 7) is 1.95. The number of nitrogens with zero attached hydrogens (tertiary/aromatic N) is 2. The predicted molar refractivity (Wildman–Crippen MR) is 76.3 cm³/mol. The summed E-state index contributed by atoms with van der Waals surface area (Å²) in [4.78, 5) is 4.02. The van der Waals surface area contributed by atoms with Gasteiger partial charge in [0.05, 0.1) is 18.0 Å². The summed E-state index contributed by atoms with van der Waals surface area (Å²) in [7, 11) is -3.31. The molecule has 0 aliphatic heterocycles. The van der Waals surface area contributed by atoms with Crippen LogP contribution in [0.4, 0.5) is 5.69 Å². The van der Waals surface area contributed by atoms with E-state index < -0.39 is 10.0 Å². The molecule has 0 bridgehead atoms. The van der Waals surface area contributed by atoms with E-state index >= 15 is 0 Å². The maximum atomic E-state index is 12.2. The summed E-state index contributed by atoms with van der Waals surface area (Å²) >= 11 is 0. The minimum Gasteiger partial charge on any atom is -0.266 e. The second kappa shape index (κ2) is 5.84. The average molecular weight is 276 g/mol. The Labute approximate surface area is 113 Å². The Morgan fingerprint density at radius 2 is 1.84 bits per heavy atom. The number of pyridine rings is 1. The molecule has 2 aromatic rings. The van der Waals surface area contributed by atoms with Gasteiger partial charge in [-0.15, -0.1) is 0 Å². The predicted octanol–water partition coefficient (Wildman–Crippen LogP) is 2.44.